The Bertz CT molecular complexity index is 819. The number of hydrogen-bond acceptors (Lipinski definition) is 3. The first-order valence-electron chi connectivity index (χ1n) is 10.8. The van der Waals surface area contributed by atoms with Crippen LogP contribution in [0.4, 0.5) is 0 Å². The molecule has 1 aliphatic rings. The molecule has 3 rings (SSSR count). The van der Waals surface area contributed by atoms with Crippen molar-refractivity contribution in [2.45, 2.75) is 38.4 Å². The van der Waals surface area contributed by atoms with Crippen LogP contribution in [0.3, 0.4) is 0 Å². The van der Waals surface area contributed by atoms with Gasteiger partial charge >= 0.3 is 0 Å². The van der Waals surface area contributed by atoms with Crippen LogP contribution >= 0.6 is 24.0 Å². The number of benzene rings is 2. The van der Waals surface area contributed by atoms with Crippen LogP contribution in [0.5, 0.6) is 5.75 Å². The number of rotatable bonds is 8. The molecule has 168 valence electrons. The SMILES string of the molecule is C=CCOc1ccccc1CNC(=NC)NC1CCN(C(C)c2ccccc2)CC1.I. The Labute approximate surface area is 204 Å². The molecule has 0 spiro atoms. The van der Waals surface area contributed by atoms with E-state index in [0.29, 0.717) is 25.2 Å². The van der Waals surface area contributed by atoms with E-state index in [4.69, 9.17) is 4.74 Å². The number of guanidine groups is 1. The van der Waals surface area contributed by atoms with Gasteiger partial charge in [0, 0.05) is 44.3 Å². The molecule has 1 aliphatic heterocycles. The number of likely N-dealkylation sites (tertiary alicyclic amines) is 1. The molecule has 5 nitrogen and oxygen atoms in total. The summed E-state index contributed by atoms with van der Waals surface area (Å²) in [5.41, 5.74) is 2.49. The molecule has 0 saturated carbocycles. The Hall–Kier alpha value is -2.06. The molecule has 1 unspecified atom stereocenters. The Morgan fingerprint density at radius 2 is 1.84 bits per heavy atom. The van der Waals surface area contributed by atoms with Gasteiger partial charge in [-0.2, -0.15) is 0 Å². The van der Waals surface area contributed by atoms with Crippen LogP contribution in [0.15, 0.2) is 72.2 Å². The highest BCUT2D eigenvalue weighted by Crippen LogP contribution is 2.24. The first kappa shape index (κ1) is 25.2. The number of halogens is 1. The summed E-state index contributed by atoms with van der Waals surface area (Å²) in [5, 5.41) is 7.02. The lowest BCUT2D eigenvalue weighted by molar-refractivity contribution is 0.158. The number of nitrogens with one attached hydrogen (secondary N) is 2. The average molecular weight is 534 g/mol. The third-order valence-corrected chi connectivity index (χ3v) is 5.70. The summed E-state index contributed by atoms with van der Waals surface area (Å²) >= 11 is 0. The fraction of sp³-hybridized carbons (Fsp3) is 0.400. The van der Waals surface area contributed by atoms with E-state index >= 15 is 0 Å². The second-order valence-electron chi connectivity index (χ2n) is 7.67. The minimum atomic E-state index is 0. The first-order chi connectivity index (χ1) is 14.7. The van der Waals surface area contributed by atoms with Gasteiger partial charge in [0.15, 0.2) is 5.96 Å². The molecule has 0 bridgehead atoms. The van der Waals surface area contributed by atoms with Gasteiger partial charge in [-0.25, -0.2) is 0 Å². The molecule has 31 heavy (non-hydrogen) atoms. The quantitative estimate of drug-likeness (QED) is 0.222. The highest BCUT2D eigenvalue weighted by atomic mass is 127. The Balaban J connectivity index is 0.00000341. The molecular formula is C25H35IN4O. The average Bonchev–Trinajstić information content (AvgIpc) is 2.81. The van der Waals surface area contributed by atoms with E-state index in [1.807, 2.05) is 25.2 Å². The van der Waals surface area contributed by atoms with E-state index in [9.17, 15) is 0 Å². The van der Waals surface area contributed by atoms with Crippen LogP contribution in [0.1, 0.15) is 36.9 Å². The third kappa shape index (κ3) is 7.54. The third-order valence-electron chi connectivity index (χ3n) is 5.70. The van der Waals surface area contributed by atoms with Gasteiger partial charge in [-0.05, 0) is 31.4 Å². The van der Waals surface area contributed by atoms with E-state index in [0.717, 1.165) is 43.2 Å². The summed E-state index contributed by atoms with van der Waals surface area (Å²) in [4.78, 5) is 6.98. The van der Waals surface area contributed by atoms with E-state index in [2.05, 4.69) is 70.4 Å². The molecule has 0 aromatic heterocycles. The largest absolute Gasteiger partial charge is 0.489 e. The van der Waals surface area contributed by atoms with Crippen LogP contribution < -0.4 is 15.4 Å². The van der Waals surface area contributed by atoms with Crippen molar-refractivity contribution in [1.82, 2.24) is 15.5 Å². The van der Waals surface area contributed by atoms with Gasteiger partial charge < -0.3 is 15.4 Å². The Morgan fingerprint density at radius 3 is 2.52 bits per heavy atom. The second-order valence-corrected chi connectivity index (χ2v) is 7.67. The summed E-state index contributed by atoms with van der Waals surface area (Å²) in [6.07, 6.45) is 3.98. The molecule has 1 fully saturated rings. The summed E-state index contributed by atoms with van der Waals surface area (Å²) in [6, 6.07) is 19.7. The summed E-state index contributed by atoms with van der Waals surface area (Å²) < 4.78 is 5.75. The predicted octanol–water partition coefficient (Wildman–Crippen LogP) is 4.76. The minimum Gasteiger partial charge on any atom is -0.489 e. The summed E-state index contributed by atoms with van der Waals surface area (Å²) in [6.45, 7) is 9.36. The smallest absolute Gasteiger partial charge is 0.191 e. The van der Waals surface area contributed by atoms with Gasteiger partial charge in [0.05, 0.1) is 0 Å². The van der Waals surface area contributed by atoms with Crippen molar-refractivity contribution < 1.29 is 4.74 Å². The Kier molecular flexibility index (Phi) is 10.9. The fourth-order valence-corrected chi connectivity index (χ4v) is 3.88. The molecule has 2 N–H and O–H groups in total. The summed E-state index contributed by atoms with van der Waals surface area (Å²) in [7, 11) is 1.82. The second kappa shape index (κ2) is 13.4. The maximum Gasteiger partial charge on any atom is 0.191 e. The summed E-state index contributed by atoms with van der Waals surface area (Å²) in [5.74, 6) is 1.71. The predicted molar refractivity (Wildman–Crippen MR) is 140 cm³/mol. The molecule has 0 radical (unpaired) electrons. The van der Waals surface area contributed by atoms with Crippen LogP contribution in [0.25, 0.3) is 0 Å². The number of para-hydroxylation sites is 1. The number of piperidine rings is 1. The van der Waals surface area contributed by atoms with Crippen LogP contribution in [-0.4, -0.2) is 43.6 Å². The Morgan fingerprint density at radius 1 is 1.16 bits per heavy atom. The zero-order valence-electron chi connectivity index (χ0n) is 18.6. The van der Waals surface area contributed by atoms with Crippen molar-refractivity contribution >= 4 is 29.9 Å². The van der Waals surface area contributed by atoms with Gasteiger partial charge in [0.1, 0.15) is 12.4 Å². The zero-order chi connectivity index (χ0) is 21.2. The molecule has 1 saturated heterocycles. The molecule has 2 aromatic carbocycles. The molecule has 1 heterocycles. The first-order valence-corrected chi connectivity index (χ1v) is 10.8. The lowest BCUT2D eigenvalue weighted by Gasteiger charge is -2.37. The number of ether oxygens (including phenoxy) is 1. The number of hydrogen-bond donors (Lipinski definition) is 2. The monoisotopic (exact) mass is 534 g/mol. The van der Waals surface area contributed by atoms with Gasteiger partial charge in [0.2, 0.25) is 0 Å². The van der Waals surface area contributed by atoms with Crippen molar-refractivity contribution in [3.63, 3.8) is 0 Å². The van der Waals surface area contributed by atoms with Gasteiger partial charge in [-0.15, -0.1) is 24.0 Å². The highest BCUT2D eigenvalue weighted by Gasteiger charge is 2.24. The van der Waals surface area contributed by atoms with Gasteiger partial charge in [-0.1, -0.05) is 61.2 Å². The van der Waals surface area contributed by atoms with E-state index < -0.39 is 0 Å². The molecule has 0 amide bonds. The molecule has 0 aliphatic carbocycles. The van der Waals surface area contributed by atoms with Gasteiger partial charge in [-0.3, -0.25) is 9.89 Å². The van der Waals surface area contributed by atoms with Crippen molar-refractivity contribution in [3.05, 3.63) is 78.4 Å². The maximum absolute atomic E-state index is 5.75. The van der Waals surface area contributed by atoms with Crippen molar-refractivity contribution in [2.24, 2.45) is 4.99 Å². The maximum atomic E-state index is 5.75. The highest BCUT2D eigenvalue weighted by molar-refractivity contribution is 14.0. The molecule has 2 aromatic rings. The minimum absolute atomic E-state index is 0. The number of aliphatic imine (C=N–C) groups is 1. The lowest BCUT2D eigenvalue weighted by Crippen LogP contribution is -2.48. The van der Waals surface area contributed by atoms with Crippen molar-refractivity contribution in [1.29, 1.82) is 0 Å². The standard InChI is InChI=1S/C25H34N4O.HI/c1-4-18-30-24-13-9-8-12-22(24)19-27-25(26-3)28-23-14-16-29(17-15-23)20(2)21-10-6-5-7-11-21;/h4-13,20,23H,1,14-19H2,2-3H3,(H2,26,27,28);1H. The van der Waals surface area contributed by atoms with Gasteiger partial charge in [0.25, 0.3) is 0 Å². The van der Waals surface area contributed by atoms with Crippen molar-refractivity contribution in [3.8, 4) is 5.75 Å². The van der Waals surface area contributed by atoms with E-state index in [1.54, 1.807) is 6.08 Å². The molecule has 1 atom stereocenters. The van der Waals surface area contributed by atoms with Crippen LogP contribution in [-0.2, 0) is 6.54 Å². The molecule has 6 heteroatoms. The van der Waals surface area contributed by atoms with Crippen molar-refractivity contribution in [2.75, 3.05) is 26.7 Å². The fourth-order valence-electron chi connectivity index (χ4n) is 3.88. The van der Waals surface area contributed by atoms with Crippen LogP contribution in [0, 0.1) is 0 Å². The lowest BCUT2D eigenvalue weighted by atomic mass is 10.0. The molecular weight excluding hydrogens is 499 g/mol. The van der Waals surface area contributed by atoms with E-state index in [1.165, 1.54) is 5.56 Å². The topological polar surface area (TPSA) is 48.9 Å². The van der Waals surface area contributed by atoms with E-state index in [-0.39, 0.29) is 24.0 Å². The van der Waals surface area contributed by atoms with Crippen LogP contribution in [0.2, 0.25) is 0 Å². The normalized spacial score (nSPS) is 16.1. The number of nitrogens with zero attached hydrogens (tertiary/aromatic N) is 2. The zero-order valence-corrected chi connectivity index (χ0v) is 20.9.